The van der Waals surface area contributed by atoms with Crippen molar-refractivity contribution in [2.75, 3.05) is 11.9 Å². The third-order valence-corrected chi connectivity index (χ3v) is 1.83. The average Bonchev–Trinajstić information content (AvgIpc) is 2.27. The first-order valence-corrected chi connectivity index (χ1v) is 4.42. The molecule has 0 atom stereocenters. The Morgan fingerprint density at radius 2 is 2.12 bits per heavy atom. The number of carbonyl (C=O) groups is 1. The lowest BCUT2D eigenvalue weighted by Crippen LogP contribution is -2.35. The van der Waals surface area contributed by atoms with Crippen molar-refractivity contribution < 1.29 is 27.5 Å². The second-order valence-corrected chi connectivity index (χ2v) is 3.15. The van der Waals surface area contributed by atoms with Crippen LogP contribution in [0.25, 0.3) is 0 Å². The fraction of sp³-hybridized carbons (Fsp3) is 0.333. The van der Waals surface area contributed by atoms with Gasteiger partial charge in [0.15, 0.2) is 0 Å². The maximum absolute atomic E-state index is 12.5. The molecule has 0 amide bonds. The molecule has 1 aromatic heterocycles. The molecule has 0 radical (unpaired) electrons. The smallest absolute Gasteiger partial charge is 0.337 e. The Morgan fingerprint density at radius 1 is 1.47 bits per heavy atom. The van der Waals surface area contributed by atoms with Gasteiger partial charge < -0.3 is 10.4 Å². The Morgan fingerprint density at radius 3 is 2.53 bits per heavy atom. The fourth-order valence-electron chi connectivity index (χ4n) is 0.911. The summed E-state index contributed by atoms with van der Waals surface area (Å²) in [7, 11) is 0. The zero-order valence-electron chi connectivity index (χ0n) is 8.33. The van der Waals surface area contributed by atoms with Crippen molar-refractivity contribution in [3.8, 4) is 0 Å². The van der Waals surface area contributed by atoms with E-state index in [0.717, 1.165) is 18.3 Å². The van der Waals surface area contributed by atoms with Crippen LogP contribution in [0.4, 0.5) is 23.4 Å². The highest BCUT2D eigenvalue weighted by Crippen LogP contribution is 2.22. The minimum absolute atomic E-state index is 0.102. The van der Waals surface area contributed by atoms with Crippen LogP contribution in [0.1, 0.15) is 10.4 Å². The highest BCUT2D eigenvalue weighted by Gasteiger charge is 2.40. The normalized spacial score (nSPS) is 11.6. The fourth-order valence-corrected chi connectivity index (χ4v) is 0.911. The number of rotatable bonds is 5. The van der Waals surface area contributed by atoms with Gasteiger partial charge in [0.1, 0.15) is 5.82 Å². The molecule has 4 nitrogen and oxygen atoms in total. The van der Waals surface area contributed by atoms with Crippen molar-refractivity contribution in [3.05, 3.63) is 23.9 Å². The number of nitrogens with one attached hydrogen (secondary N) is 1. The van der Waals surface area contributed by atoms with Crippen LogP contribution >= 0.6 is 0 Å². The number of aromatic carboxylic acids is 1. The van der Waals surface area contributed by atoms with E-state index in [2.05, 4.69) is 4.98 Å². The quantitative estimate of drug-likeness (QED) is 0.788. The molecular weight excluding hydrogens is 244 g/mol. The van der Waals surface area contributed by atoms with Crippen LogP contribution in [-0.2, 0) is 0 Å². The highest BCUT2D eigenvalue weighted by atomic mass is 19.3. The Hall–Kier alpha value is -1.86. The van der Waals surface area contributed by atoms with E-state index in [4.69, 9.17) is 5.11 Å². The van der Waals surface area contributed by atoms with Gasteiger partial charge in [-0.05, 0) is 12.1 Å². The van der Waals surface area contributed by atoms with Crippen molar-refractivity contribution in [2.24, 2.45) is 0 Å². The minimum Gasteiger partial charge on any atom is -0.478 e. The molecule has 0 saturated heterocycles. The predicted octanol–water partition coefficient (Wildman–Crippen LogP) is 2.09. The zero-order chi connectivity index (χ0) is 13.1. The van der Waals surface area contributed by atoms with E-state index in [1.807, 2.05) is 5.32 Å². The molecule has 1 heterocycles. The number of nitrogens with zero attached hydrogens (tertiary/aromatic N) is 1. The van der Waals surface area contributed by atoms with Gasteiger partial charge in [-0.25, -0.2) is 18.6 Å². The van der Waals surface area contributed by atoms with Gasteiger partial charge in [-0.2, -0.15) is 8.78 Å². The van der Waals surface area contributed by atoms with Gasteiger partial charge in [-0.1, -0.05) is 0 Å². The molecule has 94 valence electrons. The number of carboxylic acids is 1. The predicted molar refractivity (Wildman–Crippen MR) is 50.6 cm³/mol. The number of anilines is 1. The summed E-state index contributed by atoms with van der Waals surface area (Å²) >= 11 is 0. The van der Waals surface area contributed by atoms with Crippen molar-refractivity contribution in [3.63, 3.8) is 0 Å². The van der Waals surface area contributed by atoms with Crippen molar-refractivity contribution in [2.45, 2.75) is 12.3 Å². The number of hydrogen-bond donors (Lipinski definition) is 2. The van der Waals surface area contributed by atoms with Crippen LogP contribution in [0.3, 0.4) is 0 Å². The number of carboxylic acid groups (broad SMARTS) is 1. The summed E-state index contributed by atoms with van der Waals surface area (Å²) in [6.07, 6.45) is -2.83. The molecule has 0 aliphatic heterocycles. The van der Waals surface area contributed by atoms with Crippen LogP contribution in [0.15, 0.2) is 18.3 Å². The first kappa shape index (κ1) is 13.2. The Bertz CT molecular complexity index is 394. The van der Waals surface area contributed by atoms with Gasteiger partial charge in [0.25, 0.3) is 0 Å². The summed E-state index contributed by atoms with van der Waals surface area (Å²) in [5, 5.41) is 10.5. The number of aromatic nitrogens is 1. The maximum atomic E-state index is 12.5. The standard InChI is InChI=1S/C9H8F4N2O2/c10-8(11)9(12,13)4-15-6-2-1-5(3-14-6)7(16)17/h1-3,8H,4H2,(H,14,15)(H,16,17). The van der Waals surface area contributed by atoms with E-state index in [1.165, 1.54) is 0 Å². The van der Waals surface area contributed by atoms with Gasteiger partial charge in [0.2, 0.25) is 0 Å². The van der Waals surface area contributed by atoms with Gasteiger partial charge in [0.05, 0.1) is 12.1 Å². The lowest BCUT2D eigenvalue weighted by molar-refractivity contribution is -0.117. The van der Waals surface area contributed by atoms with E-state index in [0.29, 0.717) is 0 Å². The van der Waals surface area contributed by atoms with E-state index in [9.17, 15) is 22.4 Å². The molecule has 0 unspecified atom stereocenters. The SMILES string of the molecule is O=C(O)c1ccc(NCC(F)(F)C(F)F)nc1. The summed E-state index contributed by atoms with van der Waals surface area (Å²) in [4.78, 5) is 13.9. The molecule has 1 rings (SSSR count). The second kappa shape index (κ2) is 4.98. The molecular formula is C9H8F4N2O2. The molecule has 0 aliphatic carbocycles. The topological polar surface area (TPSA) is 62.2 Å². The van der Waals surface area contributed by atoms with Gasteiger partial charge in [0, 0.05) is 6.20 Å². The first-order valence-electron chi connectivity index (χ1n) is 4.42. The van der Waals surface area contributed by atoms with Crippen molar-refractivity contribution >= 4 is 11.8 Å². The first-order chi connectivity index (χ1) is 7.83. The maximum Gasteiger partial charge on any atom is 0.337 e. The highest BCUT2D eigenvalue weighted by molar-refractivity contribution is 5.87. The third-order valence-electron chi connectivity index (χ3n) is 1.83. The molecule has 0 spiro atoms. The van der Waals surface area contributed by atoms with Crippen LogP contribution in [0.5, 0.6) is 0 Å². The number of hydrogen-bond acceptors (Lipinski definition) is 3. The second-order valence-electron chi connectivity index (χ2n) is 3.15. The Kier molecular flexibility index (Phi) is 3.87. The van der Waals surface area contributed by atoms with Gasteiger partial charge >= 0.3 is 18.3 Å². The summed E-state index contributed by atoms with van der Waals surface area (Å²) in [6.45, 7) is -1.27. The monoisotopic (exact) mass is 252 g/mol. The molecule has 1 aromatic rings. The lowest BCUT2D eigenvalue weighted by Gasteiger charge is -2.15. The van der Waals surface area contributed by atoms with Crippen LogP contribution in [0.2, 0.25) is 0 Å². The summed E-state index contributed by atoms with van der Waals surface area (Å²) in [5.74, 6) is -5.48. The number of pyridine rings is 1. The van der Waals surface area contributed by atoms with E-state index in [1.54, 1.807) is 0 Å². The van der Waals surface area contributed by atoms with Gasteiger partial charge in [-0.15, -0.1) is 0 Å². The van der Waals surface area contributed by atoms with Crippen molar-refractivity contribution in [1.82, 2.24) is 4.98 Å². The zero-order valence-corrected chi connectivity index (χ0v) is 8.33. The number of halogens is 4. The molecule has 0 aromatic carbocycles. The van der Waals surface area contributed by atoms with Crippen LogP contribution in [-0.4, -0.2) is 35.0 Å². The van der Waals surface area contributed by atoms with Gasteiger partial charge in [-0.3, -0.25) is 0 Å². The van der Waals surface area contributed by atoms with E-state index >= 15 is 0 Å². The Labute approximate surface area is 93.3 Å². The summed E-state index contributed by atoms with van der Waals surface area (Å²) in [6, 6.07) is 2.24. The Balaban J connectivity index is 2.62. The molecule has 0 fully saturated rings. The average molecular weight is 252 g/mol. The van der Waals surface area contributed by atoms with Crippen LogP contribution in [0, 0.1) is 0 Å². The lowest BCUT2D eigenvalue weighted by atomic mass is 10.3. The molecule has 2 N–H and O–H groups in total. The molecule has 17 heavy (non-hydrogen) atoms. The minimum atomic E-state index is -4.16. The summed E-state index contributed by atoms with van der Waals surface area (Å²) < 4.78 is 48.6. The largest absolute Gasteiger partial charge is 0.478 e. The van der Waals surface area contributed by atoms with E-state index in [-0.39, 0.29) is 11.4 Å². The number of alkyl halides is 4. The van der Waals surface area contributed by atoms with E-state index < -0.39 is 24.9 Å². The molecule has 8 heteroatoms. The molecule has 0 saturated carbocycles. The third kappa shape index (κ3) is 3.58. The van der Waals surface area contributed by atoms with Crippen molar-refractivity contribution in [1.29, 1.82) is 0 Å². The molecule has 0 aliphatic rings. The van der Waals surface area contributed by atoms with Crippen LogP contribution < -0.4 is 5.32 Å². The summed E-state index contributed by atoms with van der Waals surface area (Å²) in [5.41, 5.74) is -0.129. The molecule has 0 bridgehead atoms.